The second-order valence-corrected chi connectivity index (χ2v) is 15.8. The van der Waals surface area contributed by atoms with Crippen LogP contribution in [0.4, 0.5) is 17.1 Å². The molecule has 0 saturated carbocycles. The Morgan fingerprint density at radius 3 is 1.49 bits per heavy atom. The molecule has 11 aromatic rings. The van der Waals surface area contributed by atoms with Crippen molar-refractivity contribution in [1.82, 2.24) is 0 Å². The van der Waals surface area contributed by atoms with Crippen molar-refractivity contribution in [3.8, 4) is 44.5 Å². The molecule has 0 N–H and O–H groups in total. The van der Waals surface area contributed by atoms with Crippen LogP contribution in [0.5, 0.6) is 0 Å². The highest BCUT2D eigenvalue weighted by Gasteiger charge is 2.46. The van der Waals surface area contributed by atoms with Crippen LogP contribution in [0, 0.1) is 0 Å². The third-order valence-corrected chi connectivity index (χ3v) is 12.3. The first-order valence-corrected chi connectivity index (χ1v) is 21.0. The third kappa shape index (κ3) is 6.10. The van der Waals surface area contributed by atoms with E-state index in [4.69, 9.17) is 4.42 Å². The van der Waals surface area contributed by atoms with Crippen LogP contribution in [-0.2, 0) is 5.41 Å². The summed E-state index contributed by atoms with van der Waals surface area (Å²) >= 11 is 0. The highest BCUT2D eigenvalue weighted by Crippen LogP contribution is 2.57. The molecule has 0 saturated heterocycles. The van der Waals surface area contributed by atoms with Crippen LogP contribution in [0.3, 0.4) is 0 Å². The number of furan rings is 1. The molecule has 296 valence electrons. The van der Waals surface area contributed by atoms with Crippen molar-refractivity contribution >= 4 is 39.0 Å². The van der Waals surface area contributed by atoms with E-state index in [9.17, 15) is 11.0 Å². The highest BCUT2D eigenvalue weighted by atomic mass is 16.3. The van der Waals surface area contributed by atoms with Gasteiger partial charge in [0.2, 0.25) is 0 Å². The molecule has 10 aromatic carbocycles. The summed E-state index contributed by atoms with van der Waals surface area (Å²) in [7, 11) is 0. The van der Waals surface area contributed by atoms with Gasteiger partial charge in [-0.1, -0.05) is 194 Å². The molecule has 0 aliphatic heterocycles. The minimum atomic E-state index is -0.880. The summed E-state index contributed by atoms with van der Waals surface area (Å²) in [5.41, 5.74) is 9.16. The third-order valence-electron chi connectivity index (χ3n) is 12.3. The topological polar surface area (TPSA) is 16.4 Å². The predicted molar refractivity (Wildman–Crippen MR) is 262 cm³/mol. The summed E-state index contributed by atoms with van der Waals surface area (Å²) in [6.45, 7) is 0. The van der Waals surface area contributed by atoms with E-state index < -0.39 is 29.6 Å². The van der Waals surface area contributed by atoms with Gasteiger partial charge in [0.05, 0.1) is 16.4 Å². The predicted octanol–water partition coefficient (Wildman–Crippen LogP) is 16.4. The molecule has 63 heavy (non-hydrogen) atoms. The van der Waals surface area contributed by atoms with Crippen molar-refractivity contribution in [2.45, 2.75) is 5.41 Å². The van der Waals surface area contributed by atoms with E-state index in [0.717, 1.165) is 55.3 Å². The Morgan fingerprint density at radius 1 is 0.333 bits per heavy atom. The molecule has 1 heterocycles. The van der Waals surface area contributed by atoms with Crippen LogP contribution in [-0.4, -0.2) is 0 Å². The number of para-hydroxylation sites is 1. The molecule has 1 aliphatic rings. The fourth-order valence-electron chi connectivity index (χ4n) is 9.41. The Labute approximate surface area is 378 Å². The van der Waals surface area contributed by atoms with Crippen molar-refractivity contribution < 1.29 is 15.4 Å². The first-order chi connectivity index (χ1) is 34.6. The van der Waals surface area contributed by atoms with Crippen molar-refractivity contribution in [1.29, 1.82) is 0 Å². The quantitative estimate of drug-likeness (QED) is 0.152. The number of hydrogen-bond acceptors (Lipinski definition) is 2. The van der Waals surface area contributed by atoms with Crippen LogP contribution in [0.25, 0.3) is 66.4 Å². The Hall–Kier alpha value is -8.20. The number of benzene rings is 10. The Balaban J connectivity index is 1.12. The molecule has 2 heteroatoms. The fourth-order valence-corrected chi connectivity index (χ4v) is 9.41. The Kier molecular flexibility index (Phi) is 6.96. The number of anilines is 3. The van der Waals surface area contributed by atoms with E-state index in [1.54, 1.807) is 24.3 Å². The standard InChI is InChI=1S/C61H41NO/c1-4-14-42(15-5-1)43-24-26-44(27-25-43)45-28-33-50(34-29-45)62(51-35-30-46(31-36-51)47-32-39-60-56(40-47)55-21-11-13-23-59(55)63-60)52-37-38-54-53-20-10-12-22-57(53)61(58(54)41-52,48-16-6-2-7-17-48)49-18-8-3-9-19-49/h1-41H/i28D,29D,30D,31D,33D,34D,35D,36D. The van der Waals surface area contributed by atoms with Gasteiger partial charge in [0.1, 0.15) is 11.2 Å². The molecule has 0 atom stereocenters. The summed E-state index contributed by atoms with van der Waals surface area (Å²) in [6, 6.07) is 61.5. The molecule has 0 bridgehead atoms. The highest BCUT2D eigenvalue weighted by molar-refractivity contribution is 6.06. The second-order valence-electron chi connectivity index (χ2n) is 15.8. The van der Waals surface area contributed by atoms with Gasteiger partial charge in [0.15, 0.2) is 0 Å². The van der Waals surface area contributed by atoms with Gasteiger partial charge in [-0.25, -0.2) is 0 Å². The summed E-state index contributed by atoms with van der Waals surface area (Å²) in [5, 5.41) is 1.61. The zero-order valence-corrected chi connectivity index (χ0v) is 33.9. The van der Waals surface area contributed by atoms with Crippen LogP contribution in [0.2, 0.25) is 0 Å². The van der Waals surface area contributed by atoms with E-state index in [1.165, 1.54) is 4.90 Å². The minimum absolute atomic E-state index is 0.0707. The number of hydrogen-bond donors (Lipinski definition) is 0. The van der Waals surface area contributed by atoms with Crippen molar-refractivity contribution in [2.75, 3.05) is 4.90 Å². The normalized spacial score (nSPS) is 14.3. The molecule has 1 aromatic heterocycles. The van der Waals surface area contributed by atoms with Crippen LogP contribution < -0.4 is 4.90 Å². The first kappa shape index (κ1) is 29.1. The smallest absolute Gasteiger partial charge is 0.135 e. The summed E-state index contributed by atoms with van der Waals surface area (Å²) < 4.78 is 84.0. The van der Waals surface area contributed by atoms with Gasteiger partial charge in [-0.05, 0) is 121 Å². The van der Waals surface area contributed by atoms with E-state index in [0.29, 0.717) is 28.0 Å². The molecule has 12 rings (SSSR count). The maximum absolute atomic E-state index is 9.87. The molecular weight excluding hydrogens is 763 g/mol. The largest absolute Gasteiger partial charge is 0.456 e. The van der Waals surface area contributed by atoms with Gasteiger partial charge in [-0.2, -0.15) is 0 Å². The van der Waals surface area contributed by atoms with Gasteiger partial charge in [0, 0.05) is 27.8 Å². The Morgan fingerprint density at radius 2 is 0.825 bits per heavy atom. The summed E-state index contributed by atoms with van der Waals surface area (Å²) in [5.74, 6) is 0. The van der Waals surface area contributed by atoms with Gasteiger partial charge in [-0.3, -0.25) is 0 Å². The lowest BCUT2D eigenvalue weighted by Crippen LogP contribution is -2.28. The van der Waals surface area contributed by atoms with E-state index >= 15 is 0 Å². The lowest BCUT2D eigenvalue weighted by molar-refractivity contribution is 0.669. The Bertz CT molecular complexity index is 3810. The van der Waals surface area contributed by atoms with E-state index in [-0.39, 0.29) is 46.7 Å². The van der Waals surface area contributed by atoms with Gasteiger partial charge in [0.25, 0.3) is 0 Å². The van der Waals surface area contributed by atoms with Crippen molar-refractivity contribution in [3.63, 3.8) is 0 Å². The molecule has 0 fully saturated rings. The second kappa shape index (κ2) is 15.1. The summed E-state index contributed by atoms with van der Waals surface area (Å²) in [4.78, 5) is 1.41. The zero-order chi connectivity index (χ0) is 48.7. The maximum atomic E-state index is 9.87. The number of fused-ring (bicyclic) bond motifs is 6. The lowest BCUT2D eigenvalue weighted by atomic mass is 9.67. The van der Waals surface area contributed by atoms with Crippen LogP contribution in [0.1, 0.15) is 33.2 Å². The van der Waals surface area contributed by atoms with Gasteiger partial charge < -0.3 is 9.32 Å². The molecule has 0 amide bonds. The maximum Gasteiger partial charge on any atom is 0.135 e. The van der Waals surface area contributed by atoms with E-state index in [1.807, 2.05) is 140 Å². The van der Waals surface area contributed by atoms with Crippen LogP contribution in [0.15, 0.2) is 253 Å². The average molecular weight is 812 g/mol. The van der Waals surface area contributed by atoms with Gasteiger partial charge in [-0.15, -0.1) is 0 Å². The van der Waals surface area contributed by atoms with Crippen molar-refractivity contribution in [3.05, 3.63) is 271 Å². The fraction of sp³-hybridized carbons (Fsp3) is 0.0164. The molecule has 0 unspecified atom stereocenters. The molecule has 0 radical (unpaired) electrons. The molecule has 1 aliphatic carbocycles. The summed E-state index contributed by atoms with van der Waals surface area (Å²) in [6.07, 6.45) is 0. The monoisotopic (exact) mass is 811 g/mol. The van der Waals surface area contributed by atoms with Crippen molar-refractivity contribution in [2.24, 2.45) is 0 Å². The minimum Gasteiger partial charge on any atom is -0.456 e. The zero-order valence-electron chi connectivity index (χ0n) is 41.9. The van der Waals surface area contributed by atoms with E-state index in [2.05, 4.69) is 36.4 Å². The molecule has 2 nitrogen and oxygen atoms in total. The SMILES string of the molecule is [2H]c1c([2H])c(N(c2ccc3c(c2)C(c2ccccc2)(c2ccccc2)c2ccccc2-3)c2c([2H])c([2H])c(-c3ccc4oc5ccccc5c4c3)c([2H])c2[2H])c([2H])c([2H])c1-c1ccc(-c2ccccc2)cc1. The number of nitrogens with zero attached hydrogens (tertiary/aromatic N) is 1. The molecular formula is C61H41NO. The van der Waals surface area contributed by atoms with Gasteiger partial charge >= 0.3 is 0 Å². The lowest BCUT2D eigenvalue weighted by Gasteiger charge is -2.35. The first-order valence-electron chi connectivity index (χ1n) is 25.0. The van der Waals surface area contributed by atoms with Crippen LogP contribution >= 0.6 is 0 Å². The molecule has 0 spiro atoms. The number of rotatable bonds is 8. The average Bonchev–Trinajstić information content (AvgIpc) is 3.94.